The van der Waals surface area contributed by atoms with Crippen LogP contribution in [0.1, 0.15) is 23.1 Å². The summed E-state index contributed by atoms with van der Waals surface area (Å²) >= 11 is 0. The normalized spacial score (nSPS) is 11.1. The minimum atomic E-state index is 0.706. The molecule has 0 aliphatic carbocycles. The topological polar surface area (TPSA) is 26.0 Å². The molecule has 0 atom stereocenters. The van der Waals surface area contributed by atoms with Gasteiger partial charge in [-0.25, -0.2) is 0 Å². The minimum absolute atomic E-state index is 0.706. The molecule has 0 fully saturated rings. The van der Waals surface area contributed by atoms with Gasteiger partial charge in [-0.3, -0.25) is 0 Å². The van der Waals surface area contributed by atoms with Crippen molar-refractivity contribution in [2.45, 2.75) is 20.3 Å². The van der Waals surface area contributed by atoms with Crippen molar-refractivity contribution in [3.63, 3.8) is 0 Å². The number of hydrogen-bond acceptors (Lipinski definition) is 1. The first-order chi connectivity index (χ1) is 9.19. The van der Waals surface area contributed by atoms with E-state index in [4.69, 9.17) is 5.73 Å². The van der Waals surface area contributed by atoms with Gasteiger partial charge in [-0.2, -0.15) is 0 Å². The molecule has 0 aromatic heterocycles. The van der Waals surface area contributed by atoms with Crippen LogP contribution in [0.2, 0.25) is 0 Å². The maximum atomic E-state index is 5.47. The molecule has 0 aliphatic rings. The molecule has 2 aromatic carbocycles. The molecule has 2 aromatic rings. The zero-order valence-corrected chi connectivity index (χ0v) is 11.7. The van der Waals surface area contributed by atoms with Gasteiger partial charge in [0.05, 0.1) is 0 Å². The second-order valence-electron chi connectivity index (χ2n) is 4.98. The van der Waals surface area contributed by atoms with E-state index in [1.807, 2.05) is 0 Å². The van der Waals surface area contributed by atoms with Gasteiger partial charge in [-0.15, -0.1) is 0 Å². The molecule has 2 rings (SSSR count). The van der Waals surface area contributed by atoms with E-state index < -0.39 is 0 Å². The predicted octanol–water partition coefficient (Wildman–Crippen LogP) is 4.33. The Morgan fingerprint density at radius 3 is 2.11 bits per heavy atom. The summed E-state index contributed by atoms with van der Waals surface area (Å²) in [5.41, 5.74) is 11.9. The highest BCUT2D eigenvalue weighted by Gasteiger charge is 1.99. The van der Waals surface area contributed by atoms with E-state index >= 15 is 0 Å². The summed E-state index contributed by atoms with van der Waals surface area (Å²) < 4.78 is 0. The second kappa shape index (κ2) is 6.35. The van der Waals surface area contributed by atoms with Crippen molar-refractivity contribution >= 4 is 6.08 Å². The van der Waals surface area contributed by atoms with Crippen LogP contribution in [0.3, 0.4) is 0 Å². The Kier molecular flexibility index (Phi) is 4.53. The average Bonchev–Trinajstić information content (AvgIpc) is 2.39. The van der Waals surface area contributed by atoms with E-state index in [0.717, 1.165) is 6.42 Å². The van der Waals surface area contributed by atoms with E-state index in [9.17, 15) is 0 Å². The van der Waals surface area contributed by atoms with Gasteiger partial charge in [0.25, 0.3) is 0 Å². The SMILES string of the molecule is Cc1cc(C)cc(-c2ccc(/C=C/CCN)cc2)c1. The lowest BCUT2D eigenvalue weighted by Crippen LogP contribution is -1.94. The van der Waals surface area contributed by atoms with E-state index in [-0.39, 0.29) is 0 Å². The van der Waals surface area contributed by atoms with Crippen LogP contribution in [0.4, 0.5) is 0 Å². The highest BCUT2D eigenvalue weighted by Crippen LogP contribution is 2.22. The van der Waals surface area contributed by atoms with Crippen LogP contribution < -0.4 is 5.73 Å². The molecule has 0 saturated carbocycles. The summed E-state index contributed by atoms with van der Waals surface area (Å²) in [4.78, 5) is 0. The molecular formula is C18H21N. The molecule has 0 unspecified atom stereocenters. The third kappa shape index (κ3) is 3.80. The highest BCUT2D eigenvalue weighted by atomic mass is 14.5. The first kappa shape index (κ1) is 13.6. The van der Waals surface area contributed by atoms with Crippen LogP contribution in [0, 0.1) is 13.8 Å². The van der Waals surface area contributed by atoms with Gasteiger partial charge < -0.3 is 5.73 Å². The summed E-state index contributed by atoms with van der Waals surface area (Å²) in [6, 6.07) is 15.3. The molecule has 98 valence electrons. The highest BCUT2D eigenvalue weighted by molar-refractivity contribution is 5.67. The molecule has 0 heterocycles. The van der Waals surface area contributed by atoms with Crippen molar-refractivity contribution in [1.29, 1.82) is 0 Å². The number of aryl methyl sites for hydroxylation is 2. The maximum absolute atomic E-state index is 5.47. The van der Waals surface area contributed by atoms with E-state index in [2.05, 4.69) is 68.5 Å². The predicted molar refractivity (Wildman–Crippen MR) is 84.1 cm³/mol. The molecule has 1 heteroatoms. The zero-order valence-electron chi connectivity index (χ0n) is 11.7. The monoisotopic (exact) mass is 251 g/mol. The Morgan fingerprint density at radius 2 is 1.53 bits per heavy atom. The number of hydrogen-bond donors (Lipinski definition) is 1. The van der Waals surface area contributed by atoms with Crippen molar-refractivity contribution in [2.24, 2.45) is 5.73 Å². The summed E-state index contributed by atoms with van der Waals surface area (Å²) in [7, 11) is 0. The number of rotatable bonds is 4. The third-order valence-electron chi connectivity index (χ3n) is 3.11. The Balaban J connectivity index is 2.22. The summed E-state index contributed by atoms with van der Waals surface area (Å²) in [5.74, 6) is 0. The molecule has 0 saturated heterocycles. The molecule has 0 amide bonds. The van der Waals surface area contributed by atoms with Crippen molar-refractivity contribution in [2.75, 3.05) is 6.54 Å². The fourth-order valence-corrected chi connectivity index (χ4v) is 2.24. The van der Waals surface area contributed by atoms with Crippen LogP contribution in [0.25, 0.3) is 17.2 Å². The maximum Gasteiger partial charge on any atom is -0.00425 e. The molecule has 0 spiro atoms. The molecule has 2 N–H and O–H groups in total. The first-order valence-corrected chi connectivity index (χ1v) is 6.74. The van der Waals surface area contributed by atoms with Crippen LogP contribution in [0.5, 0.6) is 0 Å². The standard InChI is InChI=1S/C18H21N/c1-14-11-15(2)13-18(12-14)17-8-6-16(7-9-17)5-3-4-10-19/h3,5-9,11-13H,4,10,19H2,1-2H3/b5-3+. The minimum Gasteiger partial charge on any atom is -0.330 e. The van der Waals surface area contributed by atoms with Gasteiger partial charge in [0.1, 0.15) is 0 Å². The van der Waals surface area contributed by atoms with Crippen LogP contribution >= 0.6 is 0 Å². The Labute approximate surface area is 115 Å². The van der Waals surface area contributed by atoms with Crippen molar-refractivity contribution in [3.05, 3.63) is 65.2 Å². The van der Waals surface area contributed by atoms with Gasteiger partial charge in [0.15, 0.2) is 0 Å². The largest absolute Gasteiger partial charge is 0.330 e. The third-order valence-corrected chi connectivity index (χ3v) is 3.11. The molecule has 0 bridgehead atoms. The zero-order chi connectivity index (χ0) is 13.7. The van der Waals surface area contributed by atoms with E-state index in [0.29, 0.717) is 6.54 Å². The summed E-state index contributed by atoms with van der Waals surface area (Å²) in [6.07, 6.45) is 5.17. The van der Waals surface area contributed by atoms with Crippen molar-refractivity contribution in [3.8, 4) is 11.1 Å². The van der Waals surface area contributed by atoms with Crippen molar-refractivity contribution in [1.82, 2.24) is 0 Å². The van der Waals surface area contributed by atoms with E-state index in [1.54, 1.807) is 0 Å². The molecule has 0 radical (unpaired) electrons. The van der Waals surface area contributed by atoms with Crippen LogP contribution in [-0.4, -0.2) is 6.54 Å². The Morgan fingerprint density at radius 1 is 0.895 bits per heavy atom. The number of nitrogens with two attached hydrogens (primary N) is 1. The fraction of sp³-hybridized carbons (Fsp3) is 0.222. The summed E-state index contributed by atoms with van der Waals surface area (Å²) in [6.45, 7) is 4.98. The Bertz CT molecular complexity index is 544. The molecule has 19 heavy (non-hydrogen) atoms. The van der Waals surface area contributed by atoms with Crippen LogP contribution in [0.15, 0.2) is 48.5 Å². The lowest BCUT2D eigenvalue weighted by atomic mass is 10.00. The second-order valence-corrected chi connectivity index (χ2v) is 4.98. The van der Waals surface area contributed by atoms with Gasteiger partial charge in [-0.05, 0) is 43.5 Å². The Hall–Kier alpha value is -1.86. The van der Waals surface area contributed by atoms with E-state index in [1.165, 1.54) is 27.8 Å². The quantitative estimate of drug-likeness (QED) is 0.859. The van der Waals surface area contributed by atoms with Crippen LogP contribution in [-0.2, 0) is 0 Å². The number of benzene rings is 2. The smallest absolute Gasteiger partial charge is 0.00425 e. The first-order valence-electron chi connectivity index (χ1n) is 6.74. The lowest BCUT2D eigenvalue weighted by molar-refractivity contribution is 1.01. The van der Waals surface area contributed by atoms with Gasteiger partial charge in [0, 0.05) is 0 Å². The molecule has 1 nitrogen and oxygen atoms in total. The molecular weight excluding hydrogens is 230 g/mol. The summed E-state index contributed by atoms with van der Waals surface area (Å²) in [5, 5.41) is 0. The van der Waals surface area contributed by atoms with Gasteiger partial charge >= 0.3 is 0 Å². The lowest BCUT2D eigenvalue weighted by Gasteiger charge is -2.05. The van der Waals surface area contributed by atoms with Crippen molar-refractivity contribution < 1.29 is 0 Å². The van der Waals surface area contributed by atoms with Gasteiger partial charge in [-0.1, -0.05) is 65.7 Å². The van der Waals surface area contributed by atoms with Gasteiger partial charge in [0.2, 0.25) is 0 Å². The molecule has 0 aliphatic heterocycles. The average molecular weight is 251 g/mol. The fourth-order valence-electron chi connectivity index (χ4n) is 2.24.